The van der Waals surface area contributed by atoms with Crippen molar-refractivity contribution in [2.75, 3.05) is 29.0 Å². The summed E-state index contributed by atoms with van der Waals surface area (Å²) in [5, 5.41) is 2.63. The molecule has 1 N–H and O–H groups in total. The number of hydrogen-bond acceptors (Lipinski definition) is 5. The minimum Gasteiger partial charge on any atom is -0.462 e. The van der Waals surface area contributed by atoms with Gasteiger partial charge in [-0.25, -0.2) is 13.2 Å². The minimum atomic E-state index is -3.72. The molecular formula is C21H26N2O5S. The maximum absolute atomic E-state index is 12.7. The lowest BCUT2D eigenvalue weighted by Crippen LogP contribution is -2.38. The quantitative estimate of drug-likeness (QED) is 0.697. The Balaban J connectivity index is 2.34. The molecule has 0 heterocycles. The molecule has 2 aromatic rings. The van der Waals surface area contributed by atoms with Crippen LogP contribution < -0.4 is 9.62 Å². The van der Waals surface area contributed by atoms with Gasteiger partial charge in [-0.05, 0) is 51.0 Å². The van der Waals surface area contributed by atoms with Crippen LogP contribution in [0.5, 0.6) is 0 Å². The molecule has 0 spiro atoms. The summed E-state index contributed by atoms with van der Waals surface area (Å²) < 4.78 is 31.0. The number of rotatable bonds is 7. The van der Waals surface area contributed by atoms with E-state index in [1.54, 1.807) is 25.1 Å². The topological polar surface area (TPSA) is 92.8 Å². The van der Waals surface area contributed by atoms with E-state index in [0.717, 1.165) is 27.3 Å². The zero-order valence-corrected chi connectivity index (χ0v) is 18.1. The molecule has 0 aliphatic heterocycles. The molecule has 0 atom stereocenters. The maximum atomic E-state index is 12.7. The van der Waals surface area contributed by atoms with E-state index < -0.39 is 28.4 Å². The monoisotopic (exact) mass is 418 g/mol. The second-order valence-corrected chi connectivity index (χ2v) is 8.74. The fourth-order valence-electron chi connectivity index (χ4n) is 3.23. The van der Waals surface area contributed by atoms with E-state index in [1.807, 2.05) is 32.9 Å². The fraction of sp³-hybridized carbons (Fsp3) is 0.333. The van der Waals surface area contributed by atoms with Crippen LogP contribution in [0.4, 0.5) is 11.4 Å². The van der Waals surface area contributed by atoms with E-state index >= 15 is 0 Å². The smallest absolute Gasteiger partial charge is 0.340 e. The van der Waals surface area contributed by atoms with Gasteiger partial charge in [-0.2, -0.15) is 0 Å². The first kappa shape index (κ1) is 22.4. The number of nitrogens with zero attached hydrogens (tertiary/aromatic N) is 1. The second-order valence-electron chi connectivity index (χ2n) is 6.83. The summed E-state index contributed by atoms with van der Waals surface area (Å²) in [5.74, 6) is -1.12. The molecular weight excluding hydrogens is 392 g/mol. The number of carbonyl (C=O) groups is 2. The zero-order chi connectivity index (χ0) is 21.8. The average Bonchev–Trinajstić information content (AvgIpc) is 2.60. The standard InChI is InChI=1S/C21H26N2O5S/c1-6-28-21(25)17-9-7-8-10-18(17)22-19(24)13-23(29(5,26)27)20-15(3)11-14(2)12-16(20)4/h7-12H,6,13H2,1-5H3,(H,22,24). The highest BCUT2D eigenvalue weighted by Crippen LogP contribution is 2.28. The molecule has 0 unspecified atom stereocenters. The molecule has 2 rings (SSSR count). The first-order valence-corrected chi connectivity index (χ1v) is 11.0. The summed E-state index contributed by atoms with van der Waals surface area (Å²) in [6, 6.07) is 10.2. The Bertz CT molecular complexity index is 1010. The molecule has 7 nitrogen and oxygen atoms in total. The molecule has 0 saturated heterocycles. The van der Waals surface area contributed by atoms with Crippen molar-refractivity contribution in [1.29, 1.82) is 0 Å². The van der Waals surface area contributed by atoms with E-state index in [-0.39, 0.29) is 17.9 Å². The Hall–Kier alpha value is -2.87. The lowest BCUT2D eigenvalue weighted by atomic mass is 10.1. The number of carbonyl (C=O) groups excluding carboxylic acids is 2. The van der Waals surface area contributed by atoms with Gasteiger partial charge in [0.25, 0.3) is 0 Å². The molecule has 8 heteroatoms. The Labute approximate surface area is 171 Å². The number of benzene rings is 2. The molecule has 0 bridgehead atoms. The highest BCUT2D eigenvalue weighted by Gasteiger charge is 2.25. The van der Waals surface area contributed by atoms with Crippen LogP contribution in [-0.4, -0.2) is 39.7 Å². The van der Waals surface area contributed by atoms with Gasteiger partial charge in [-0.1, -0.05) is 29.8 Å². The number of amides is 1. The Morgan fingerprint density at radius 3 is 2.21 bits per heavy atom. The van der Waals surface area contributed by atoms with E-state index in [2.05, 4.69) is 5.32 Å². The average molecular weight is 419 g/mol. The highest BCUT2D eigenvalue weighted by atomic mass is 32.2. The van der Waals surface area contributed by atoms with Crippen LogP contribution in [0, 0.1) is 20.8 Å². The first-order valence-electron chi connectivity index (χ1n) is 9.16. The molecule has 0 aliphatic rings. The van der Waals surface area contributed by atoms with Crippen LogP contribution >= 0.6 is 0 Å². The first-order chi connectivity index (χ1) is 13.5. The van der Waals surface area contributed by atoms with Crippen LogP contribution in [0.25, 0.3) is 0 Å². The lowest BCUT2D eigenvalue weighted by molar-refractivity contribution is -0.114. The molecule has 0 aromatic heterocycles. The third kappa shape index (κ3) is 5.57. The van der Waals surface area contributed by atoms with Gasteiger partial charge >= 0.3 is 5.97 Å². The van der Waals surface area contributed by atoms with Gasteiger partial charge in [0, 0.05) is 0 Å². The predicted octanol–water partition coefficient (Wildman–Crippen LogP) is 3.19. The summed E-state index contributed by atoms with van der Waals surface area (Å²) in [6.07, 6.45) is 1.06. The van der Waals surface area contributed by atoms with Crippen LogP contribution in [0.1, 0.15) is 34.0 Å². The van der Waals surface area contributed by atoms with Gasteiger partial charge in [0.1, 0.15) is 6.54 Å². The predicted molar refractivity (Wildman–Crippen MR) is 114 cm³/mol. The third-order valence-electron chi connectivity index (χ3n) is 4.27. The molecule has 0 saturated carbocycles. The number of aryl methyl sites for hydroxylation is 3. The third-order valence-corrected chi connectivity index (χ3v) is 5.38. The van der Waals surface area contributed by atoms with Gasteiger partial charge in [0.05, 0.1) is 29.8 Å². The van der Waals surface area contributed by atoms with Crippen LogP contribution in [0.3, 0.4) is 0 Å². The van der Waals surface area contributed by atoms with Crippen molar-refractivity contribution in [2.24, 2.45) is 0 Å². The maximum Gasteiger partial charge on any atom is 0.340 e. The van der Waals surface area contributed by atoms with E-state index in [9.17, 15) is 18.0 Å². The zero-order valence-electron chi connectivity index (χ0n) is 17.3. The summed E-state index contributed by atoms with van der Waals surface area (Å²) in [7, 11) is -3.72. The van der Waals surface area contributed by atoms with Crippen molar-refractivity contribution < 1.29 is 22.7 Å². The number of ether oxygens (including phenoxy) is 1. The summed E-state index contributed by atoms with van der Waals surface area (Å²) in [6.45, 7) is 7.02. The van der Waals surface area contributed by atoms with Gasteiger partial charge < -0.3 is 10.1 Å². The largest absolute Gasteiger partial charge is 0.462 e. The number of para-hydroxylation sites is 1. The van der Waals surface area contributed by atoms with E-state index in [0.29, 0.717) is 5.69 Å². The van der Waals surface area contributed by atoms with Crippen LogP contribution in [0.2, 0.25) is 0 Å². The van der Waals surface area contributed by atoms with Crippen molar-refractivity contribution in [1.82, 2.24) is 0 Å². The van der Waals surface area contributed by atoms with Gasteiger partial charge in [-0.15, -0.1) is 0 Å². The van der Waals surface area contributed by atoms with Crippen LogP contribution in [-0.2, 0) is 19.6 Å². The number of sulfonamides is 1. The molecule has 0 radical (unpaired) electrons. The molecule has 29 heavy (non-hydrogen) atoms. The Kier molecular flexibility index (Phi) is 7.02. The second kappa shape index (κ2) is 9.09. The Morgan fingerprint density at radius 1 is 1.07 bits per heavy atom. The van der Waals surface area contributed by atoms with Crippen molar-refractivity contribution in [3.8, 4) is 0 Å². The van der Waals surface area contributed by atoms with Gasteiger partial charge in [0.2, 0.25) is 15.9 Å². The summed E-state index contributed by atoms with van der Waals surface area (Å²) in [5.41, 5.74) is 3.47. The normalized spacial score (nSPS) is 11.1. The van der Waals surface area contributed by atoms with Crippen molar-refractivity contribution in [3.05, 3.63) is 58.7 Å². The van der Waals surface area contributed by atoms with Crippen molar-refractivity contribution >= 4 is 33.3 Å². The molecule has 0 fully saturated rings. The SMILES string of the molecule is CCOC(=O)c1ccccc1NC(=O)CN(c1c(C)cc(C)cc1C)S(C)(=O)=O. The molecule has 156 valence electrons. The highest BCUT2D eigenvalue weighted by molar-refractivity contribution is 7.92. The number of anilines is 2. The van der Waals surface area contributed by atoms with Crippen molar-refractivity contribution in [3.63, 3.8) is 0 Å². The fourth-order valence-corrected chi connectivity index (χ4v) is 4.20. The van der Waals surface area contributed by atoms with Gasteiger partial charge in [0.15, 0.2) is 0 Å². The summed E-state index contributed by atoms with van der Waals surface area (Å²) >= 11 is 0. The van der Waals surface area contributed by atoms with E-state index in [4.69, 9.17) is 4.74 Å². The summed E-state index contributed by atoms with van der Waals surface area (Å²) in [4.78, 5) is 24.8. The van der Waals surface area contributed by atoms with Crippen molar-refractivity contribution in [2.45, 2.75) is 27.7 Å². The Morgan fingerprint density at radius 2 is 1.66 bits per heavy atom. The number of nitrogens with one attached hydrogen (secondary N) is 1. The van der Waals surface area contributed by atoms with E-state index in [1.165, 1.54) is 6.07 Å². The molecule has 2 aromatic carbocycles. The minimum absolute atomic E-state index is 0.203. The number of esters is 1. The number of hydrogen-bond donors (Lipinski definition) is 1. The van der Waals surface area contributed by atoms with Gasteiger partial charge in [-0.3, -0.25) is 9.10 Å². The lowest BCUT2D eigenvalue weighted by Gasteiger charge is -2.26. The molecule has 1 amide bonds. The molecule has 0 aliphatic carbocycles. The van der Waals surface area contributed by atoms with Crippen LogP contribution in [0.15, 0.2) is 36.4 Å².